The summed E-state index contributed by atoms with van der Waals surface area (Å²) in [5, 5.41) is 23.9. The van der Waals surface area contributed by atoms with Crippen LogP contribution in [0.5, 0.6) is 5.75 Å². The number of aliphatic hydroxyl groups is 2. The molecule has 1 aliphatic rings. The van der Waals surface area contributed by atoms with E-state index in [1.165, 1.54) is 0 Å². The first kappa shape index (κ1) is 22.4. The Morgan fingerprint density at radius 1 is 1.12 bits per heavy atom. The zero-order chi connectivity index (χ0) is 23.7. The average Bonchev–Trinajstić information content (AvgIpc) is 3.28. The lowest BCUT2D eigenvalue weighted by Crippen LogP contribution is -2.44. The van der Waals surface area contributed by atoms with Crippen LogP contribution in [0.4, 0.5) is 11.6 Å². The molecule has 0 atom stereocenters. The van der Waals surface area contributed by atoms with E-state index in [-0.39, 0.29) is 13.2 Å². The van der Waals surface area contributed by atoms with E-state index in [4.69, 9.17) is 14.7 Å². The van der Waals surface area contributed by atoms with Crippen LogP contribution in [0.15, 0.2) is 36.7 Å². The van der Waals surface area contributed by atoms with Gasteiger partial charge in [-0.1, -0.05) is 6.07 Å². The Hall–Kier alpha value is -3.43. The summed E-state index contributed by atoms with van der Waals surface area (Å²) in [7, 11) is 1.67. The average molecular weight is 463 g/mol. The molecule has 3 aromatic heterocycles. The van der Waals surface area contributed by atoms with Gasteiger partial charge in [-0.15, -0.1) is 0 Å². The van der Waals surface area contributed by atoms with Gasteiger partial charge in [-0.25, -0.2) is 15.0 Å². The molecule has 0 amide bonds. The summed E-state index contributed by atoms with van der Waals surface area (Å²) in [4.78, 5) is 19.5. The lowest BCUT2D eigenvalue weighted by atomic mass is 9.80. The third-order valence-electron chi connectivity index (χ3n) is 6.97. The van der Waals surface area contributed by atoms with Gasteiger partial charge in [-0.2, -0.15) is 0 Å². The molecular formula is C25H30N6O3. The van der Waals surface area contributed by atoms with E-state index in [0.29, 0.717) is 18.0 Å². The number of aliphatic hydroxyl groups excluding tert-OH is 2. The van der Waals surface area contributed by atoms with E-state index in [0.717, 1.165) is 65.0 Å². The van der Waals surface area contributed by atoms with Crippen molar-refractivity contribution < 1.29 is 14.9 Å². The number of aromatic nitrogens is 4. The Bertz CT molecular complexity index is 1310. The van der Waals surface area contributed by atoms with Crippen LogP contribution in [-0.4, -0.2) is 63.6 Å². The van der Waals surface area contributed by atoms with Crippen LogP contribution in [0.25, 0.3) is 22.1 Å². The monoisotopic (exact) mass is 462 g/mol. The lowest BCUT2D eigenvalue weighted by Gasteiger charge is -2.40. The zero-order valence-electron chi connectivity index (χ0n) is 19.5. The third kappa shape index (κ3) is 4.01. The van der Waals surface area contributed by atoms with E-state index in [9.17, 15) is 10.2 Å². The molecule has 5 rings (SSSR count). The summed E-state index contributed by atoms with van der Waals surface area (Å²) in [6.45, 7) is 4.14. The van der Waals surface area contributed by atoms with Gasteiger partial charge in [0.05, 0.1) is 32.0 Å². The van der Waals surface area contributed by atoms with Gasteiger partial charge >= 0.3 is 0 Å². The molecule has 1 aromatic carbocycles. The van der Waals surface area contributed by atoms with Gasteiger partial charge < -0.3 is 30.2 Å². The largest absolute Gasteiger partial charge is 0.495 e. The van der Waals surface area contributed by atoms with Gasteiger partial charge in [0.15, 0.2) is 5.65 Å². The van der Waals surface area contributed by atoms with E-state index >= 15 is 0 Å². The van der Waals surface area contributed by atoms with Crippen molar-refractivity contribution in [1.29, 1.82) is 0 Å². The van der Waals surface area contributed by atoms with Crippen molar-refractivity contribution in [3.63, 3.8) is 0 Å². The molecule has 0 radical (unpaired) electrons. The number of hydrogen-bond donors (Lipinski definition) is 4. The van der Waals surface area contributed by atoms with Crippen molar-refractivity contribution in [2.24, 2.45) is 5.41 Å². The number of rotatable bonds is 7. The van der Waals surface area contributed by atoms with Gasteiger partial charge in [0.1, 0.15) is 22.9 Å². The molecule has 1 fully saturated rings. The zero-order valence-corrected chi connectivity index (χ0v) is 19.5. The molecule has 4 heterocycles. The third-order valence-corrected chi connectivity index (χ3v) is 6.97. The Balaban J connectivity index is 1.35. The lowest BCUT2D eigenvalue weighted by molar-refractivity contribution is 0.0340. The second-order valence-corrected chi connectivity index (χ2v) is 9.07. The number of benzene rings is 1. The molecule has 0 aliphatic carbocycles. The van der Waals surface area contributed by atoms with Crippen LogP contribution < -0.4 is 15.0 Å². The molecule has 4 aromatic rings. The number of methoxy groups -OCH3 is 1. The van der Waals surface area contributed by atoms with Gasteiger partial charge in [-0.3, -0.25) is 0 Å². The molecule has 178 valence electrons. The number of ether oxygens (including phenoxy) is 1. The maximum Gasteiger partial charge on any atom is 0.182 e. The Morgan fingerprint density at radius 2 is 1.91 bits per heavy atom. The van der Waals surface area contributed by atoms with Crippen molar-refractivity contribution in [3.05, 3.63) is 47.8 Å². The summed E-state index contributed by atoms with van der Waals surface area (Å²) in [5.74, 6) is 2.32. The van der Waals surface area contributed by atoms with Crippen LogP contribution in [0.1, 0.15) is 24.0 Å². The smallest absolute Gasteiger partial charge is 0.182 e. The number of H-pyrrole nitrogens is 1. The first-order valence-electron chi connectivity index (χ1n) is 11.5. The minimum absolute atomic E-state index is 0.00573. The molecule has 1 aliphatic heterocycles. The fourth-order valence-electron chi connectivity index (χ4n) is 4.70. The number of pyridine rings is 1. The summed E-state index contributed by atoms with van der Waals surface area (Å²) in [5.41, 5.74) is 4.22. The quantitative estimate of drug-likeness (QED) is 0.331. The highest BCUT2D eigenvalue weighted by molar-refractivity contribution is 5.91. The normalized spacial score (nSPS) is 15.7. The van der Waals surface area contributed by atoms with Crippen LogP contribution in [-0.2, 0) is 6.54 Å². The molecule has 0 unspecified atom stereocenters. The highest BCUT2D eigenvalue weighted by atomic mass is 16.5. The first-order chi connectivity index (χ1) is 16.6. The number of piperidine rings is 1. The molecule has 0 saturated carbocycles. The Morgan fingerprint density at radius 3 is 2.65 bits per heavy atom. The summed E-state index contributed by atoms with van der Waals surface area (Å²) in [6.07, 6.45) is 5.17. The van der Waals surface area contributed by atoms with E-state index in [1.807, 2.05) is 24.4 Å². The second kappa shape index (κ2) is 9.08. The Labute approximate surface area is 197 Å². The highest BCUT2D eigenvalue weighted by Gasteiger charge is 2.33. The number of nitrogens with one attached hydrogen (secondary N) is 2. The van der Waals surface area contributed by atoms with Crippen LogP contribution in [0.2, 0.25) is 0 Å². The minimum Gasteiger partial charge on any atom is -0.495 e. The fourth-order valence-corrected chi connectivity index (χ4v) is 4.70. The SMILES string of the molecule is COc1ccc(CNc2cnc3ccc(N4CCC(CO)(CO)CC4)nc3n2)c2c(C)c[nH]c12. The first-order valence-corrected chi connectivity index (χ1v) is 11.5. The van der Waals surface area contributed by atoms with Gasteiger partial charge in [0, 0.05) is 36.6 Å². The highest BCUT2D eigenvalue weighted by Crippen LogP contribution is 2.33. The van der Waals surface area contributed by atoms with Crippen LogP contribution in [0, 0.1) is 12.3 Å². The fraction of sp³-hybridized carbons (Fsp3) is 0.400. The molecule has 9 nitrogen and oxygen atoms in total. The van der Waals surface area contributed by atoms with Crippen molar-refractivity contribution in [3.8, 4) is 5.75 Å². The maximum absolute atomic E-state index is 9.66. The van der Waals surface area contributed by atoms with Gasteiger partial charge in [0.25, 0.3) is 0 Å². The Kier molecular flexibility index (Phi) is 5.97. The minimum atomic E-state index is -0.394. The number of fused-ring (bicyclic) bond motifs is 2. The van der Waals surface area contributed by atoms with E-state index in [1.54, 1.807) is 13.3 Å². The molecule has 34 heavy (non-hydrogen) atoms. The summed E-state index contributed by atoms with van der Waals surface area (Å²) < 4.78 is 5.48. The topological polar surface area (TPSA) is 119 Å². The van der Waals surface area contributed by atoms with E-state index < -0.39 is 5.41 Å². The molecule has 9 heteroatoms. The van der Waals surface area contributed by atoms with Crippen LogP contribution >= 0.6 is 0 Å². The standard InChI is InChI=1S/C25H30N6O3/c1-16-11-28-23-19(34-2)5-3-17(22(16)23)12-27-20-13-26-18-4-6-21(30-24(18)29-20)31-9-7-25(14-32,15-33)8-10-31/h3-6,11,13,28,32-33H,7-10,12,14-15H2,1-2H3,(H,27,29,30). The second-order valence-electron chi connectivity index (χ2n) is 9.07. The molecule has 1 saturated heterocycles. The number of anilines is 2. The predicted molar refractivity (Wildman–Crippen MR) is 132 cm³/mol. The van der Waals surface area contributed by atoms with Crippen molar-refractivity contribution in [1.82, 2.24) is 19.9 Å². The number of hydrogen-bond acceptors (Lipinski definition) is 8. The number of nitrogens with zero attached hydrogens (tertiary/aromatic N) is 4. The maximum atomic E-state index is 9.66. The predicted octanol–water partition coefficient (Wildman–Crippen LogP) is 3.01. The molecular weight excluding hydrogens is 432 g/mol. The summed E-state index contributed by atoms with van der Waals surface area (Å²) in [6, 6.07) is 7.92. The van der Waals surface area contributed by atoms with Crippen LogP contribution in [0.3, 0.4) is 0 Å². The van der Waals surface area contributed by atoms with Crippen molar-refractivity contribution >= 4 is 33.7 Å². The number of aromatic amines is 1. The molecule has 0 bridgehead atoms. The number of aryl methyl sites for hydroxylation is 1. The summed E-state index contributed by atoms with van der Waals surface area (Å²) >= 11 is 0. The van der Waals surface area contributed by atoms with Gasteiger partial charge in [0.2, 0.25) is 0 Å². The van der Waals surface area contributed by atoms with E-state index in [2.05, 4.69) is 33.2 Å². The van der Waals surface area contributed by atoms with Crippen molar-refractivity contribution in [2.75, 3.05) is 43.6 Å². The molecule has 4 N–H and O–H groups in total. The van der Waals surface area contributed by atoms with Crippen molar-refractivity contribution in [2.45, 2.75) is 26.3 Å². The molecule has 0 spiro atoms. The van der Waals surface area contributed by atoms with Gasteiger partial charge in [-0.05, 0) is 49.1 Å².